The number of nitrogens with zero attached hydrogens (tertiary/aromatic N) is 6. The minimum absolute atomic E-state index is 0.0660. The smallest absolute Gasteiger partial charge is 0.370 e. The van der Waals surface area contributed by atoms with Crippen molar-refractivity contribution in [3.63, 3.8) is 0 Å². The highest BCUT2D eigenvalue weighted by Gasteiger charge is 2.52. The Labute approximate surface area is 247 Å². The number of nitrogens with two attached hydrogens (primary N) is 2. The predicted octanol–water partition coefficient (Wildman–Crippen LogP) is -3.80. The predicted molar refractivity (Wildman–Crippen MR) is 143 cm³/mol. The number of carbonyl (C=O) groups excluding carboxylic acids is 2. The minimum atomic E-state index is -4.78. The molecule has 8 N–H and O–H groups in total. The molecular formula is C20H28N10O12P2. The van der Waals surface area contributed by atoms with Gasteiger partial charge in [0.2, 0.25) is 0 Å². The van der Waals surface area contributed by atoms with E-state index in [1.54, 1.807) is 0 Å². The maximum absolute atomic E-state index is 13.0. The Morgan fingerprint density at radius 1 is 0.750 bits per heavy atom. The molecule has 22 nitrogen and oxygen atoms in total. The molecule has 0 radical (unpaired) electrons. The topological polar surface area (TPSA) is 296 Å². The van der Waals surface area contributed by atoms with Crippen molar-refractivity contribution >= 4 is 52.1 Å². The van der Waals surface area contributed by atoms with E-state index in [2.05, 4.69) is 30.6 Å². The Balaban J connectivity index is 1.07. The Morgan fingerprint density at radius 2 is 1.16 bits per heavy atom. The van der Waals surface area contributed by atoms with Crippen molar-refractivity contribution in [2.24, 2.45) is 31.4 Å². The second-order valence-electron chi connectivity index (χ2n) is 10.7. The minimum Gasteiger partial charge on any atom is -0.370 e. The molecule has 7 aliphatic rings. The number of amides is 2. The van der Waals surface area contributed by atoms with Gasteiger partial charge in [0.25, 0.3) is 11.8 Å². The van der Waals surface area contributed by atoms with E-state index in [9.17, 15) is 28.5 Å². The highest BCUT2D eigenvalue weighted by Crippen LogP contribution is 2.52. The van der Waals surface area contributed by atoms with E-state index in [0.717, 1.165) is 0 Å². The van der Waals surface area contributed by atoms with Crippen molar-refractivity contribution in [2.45, 2.75) is 74.1 Å². The maximum Gasteiger partial charge on any atom is 0.472 e. The molecule has 7 heterocycles. The molecule has 0 saturated carbocycles. The number of phosphoric ester groups is 2. The number of fused-ring (bicyclic) bond motifs is 4. The van der Waals surface area contributed by atoms with Crippen LogP contribution >= 0.6 is 15.6 Å². The van der Waals surface area contributed by atoms with Gasteiger partial charge in [-0.2, -0.15) is 0 Å². The molecule has 7 rings (SSSR count). The lowest BCUT2D eigenvalue weighted by Gasteiger charge is -2.31. The van der Waals surface area contributed by atoms with Crippen LogP contribution in [0, 0.1) is 0 Å². The third-order valence-corrected chi connectivity index (χ3v) is 9.87. The van der Waals surface area contributed by atoms with Crippen LogP contribution in [0.4, 0.5) is 0 Å². The van der Waals surface area contributed by atoms with Gasteiger partial charge in [0.15, 0.2) is 36.3 Å². The number of guanidine groups is 2. The van der Waals surface area contributed by atoms with Crippen molar-refractivity contribution in [2.75, 3.05) is 13.2 Å². The summed E-state index contributed by atoms with van der Waals surface area (Å²) in [5.74, 6) is -1.17. The molecule has 0 aromatic heterocycles. The Hall–Kier alpha value is -3.04. The lowest BCUT2D eigenvalue weighted by molar-refractivity contribution is -0.124. The number of hydrogen-bond acceptors (Lipinski definition) is 18. The summed E-state index contributed by atoms with van der Waals surface area (Å²) in [5.41, 5.74) is 11.4. The third-order valence-electron chi connectivity index (χ3n) is 7.85. The number of hydrogen-bond donors (Lipinski definition) is 6. The molecule has 0 bridgehead atoms. The molecule has 3 saturated heterocycles. The van der Waals surface area contributed by atoms with Gasteiger partial charge < -0.3 is 40.5 Å². The van der Waals surface area contributed by atoms with Crippen LogP contribution in [-0.4, -0.2) is 130 Å². The zero-order valence-corrected chi connectivity index (χ0v) is 24.3. The van der Waals surface area contributed by atoms with Gasteiger partial charge in [-0.05, 0) is 0 Å². The fourth-order valence-corrected chi connectivity index (χ4v) is 7.78. The van der Waals surface area contributed by atoms with Crippen LogP contribution in [0.25, 0.3) is 0 Å². The summed E-state index contributed by atoms with van der Waals surface area (Å²) < 4.78 is 59.4. The molecule has 240 valence electrons. The average Bonchev–Trinajstić information content (AvgIpc) is 3.70. The summed E-state index contributed by atoms with van der Waals surface area (Å²) in [7, 11) is -9.56. The SMILES string of the molecule is NC1=NC2C(N=CN2[C@H]2C[C@@H]3OP(=O)(O)OC[C@H]4O[C@@H](N5C=NC6C(=O)NC(N)=NC65)C[C@@H]4OP(=O)(O)OC[C@H]3O2)C(=O)N1. The number of carbonyl (C=O) groups is 2. The van der Waals surface area contributed by atoms with Crippen molar-refractivity contribution < 1.29 is 56.1 Å². The summed E-state index contributed by atoms with van der Waals surface area (Å²) in [4.78, 5) is 65.4. The van der Waals surface area contributed by atoms with Gasteiger partial charge in [0, 0.05) is 12.8 Å². The molecule has 0 aromatic carbocycles. The molecule has 44 heavy (non-hydrogen) atoms. The van der Waals surface area contributed by atoms with Gasteiger partial charge in [-0.25, -0.2) is 19.1 Å². The molecule has 6 unspecified atom stereocenters. The van der Waals surface area contributed by atoms with Crippen molar-refractivity contribution in [1.82, 2.24) is 20.4 Å². The van der Waals surface area contributed by atoms with Crippen LogP contribution in [0.5, 0.6) is 0 Å². The fourth-order valence-electron chi connectivity index (χ4n) is 5.86. The Bertz CT molecular complexity index is 1360. The molecule has 24 heteroatoms. The van der Waals surface area contributed by atoms with Gasteiger partial charge >= 0.3 is 15.6 Å². The molecule has 3 fully saturated rings. The highest BCUT2D eigenvalue weighted by molar-refractivity contribution is 7.47. The quantitative estimate of drug-likeness (QED) is 0.155. The summed E-state index contributed by atoms with van der Waals surface area (Å²) >= 11 is 0. The third kappa shape index (κ3) is 5.51. The normalized spacial score (nSPS) is 47.0. The van der Waals surface area contributed by atoms with Crippen LogP contribution in [0.2, 0.25) is 0 Å². The van der Waals surface area contributed by atoms with Gasteiger partial charge in [-0.1, -0.05) is 0 Å². The van der Waals surface area contributed by atoms with Crippen LogP contribution in [0.15, 0.2) is 20.0 Å². The standard InChI is InChI=1S/C20H28N10O12P2/c21-19-25-15-13(17(31)27-19)23-5-29(15)11-1-7-9(39-11)3-37-44(35,36)42-8-2-12(40-10(8)4-38-43(33,34)41-7)30-6-24-14-16(30)26-20(22)28-18(14)32/h5-16H,1-4H2,(H,33,34)(H,35,36)(H3,21,25,27,31)(H3,22,26,28,32)/t7-,8-,9+,10+,11+,12+,13?,14?,15?,16?/m0/s1. The number of phosphoric acid groups is 2. The first kappa shape index (κ1) is 29.7. The van der Waals surface area contributed by atoms with Crippen LogP contribution in [0.3, 0.4) is 0 Å². The van der Waals surface area contributed by atoms with Crippen LogP contribution in [-0.2, 0) is 46.3 Å². The summed E-state index contributed by atoms with van der Waals surface area (Å²) in [6.45, 7) is -1.18. The monoisotopic (exact) mass is 662 g/mol. The number of nitrogens with one attached hydrogen (secondary N) is 2. The number of ether oxygens (including phenoxy) is 2. The van der Waals surface area contributed by atoms with Gasteiger partial charge in [0.1, 0.15) is 36.9 Å². The lowest BCUT2D eigenvalue weighted by atomic mass is 10.1. The van der Waals surface area contributed by atoms with Crippen molar-refractivity contribution in [3.8, 4) is 0 Å². The lowest BCUT2D eigenvalue weighted by Crippen LogP contribution is -2.55. The number of aliphatic imine (C=N–C) groups is 4. The number of rotatable bonds is 2. The van der Waals surface area contributed by atoms with E-state index in [4.69, 9.17) is 39.0 Å². The van der Waals surface area contributed by atoms with Gasteiger partial charge in [-0.3, -0.25) is 48.3 Å². The van der Waals surface area contributed by atoms with E-state index in [0.29, 0.717) is 0 Å². The van der Waals surface area contributed by atoms with Crippen LogP contribution in [0.1, 0.15) is 12.8 Å². The second-order valence-corrected chi connectivity index (χ2v) is 13.5. The Kier molecular flexibility index (Phi) is 7.28. The largest absolute Gasteiger partial charge is 0.472 e. The summed E-state index contributed by atoms with van der Waals surface area (Å²) in [6, 6.07) is -1.79. The Morgan fingerprint density at radius 3 is 1.57 bits per heavy atom. The first-order valence-electron chi connectivity index (χ1n) is 13.4. The summed E-state index contributed by atoms with van der Waals surface area (Å²) in [6.07, 6.45) is -5.58. The van der Waals surface area contributed by atoms with Gasteiger partial charge in [-0.15, -0.1) is 0 Å². The average molecular weight is 662 g/mol. The van der Waals surface area contributed by atoms with E-state index in [-0.39, 0.29) is 24.8 Å². The van der Waals surface area contributed by atoms with E-state index in [1.165, 1.54) is 22.5 Å². The molecule has 0 aromatic rings. The van der Waals surface area contributed by atoms with E-state index in [1.807, 2.05) is 0 Å². The van der Waals surface area contributed by atoms with Crippen molar-refractivity contribution in [3.05, 3.63) is 0 Å². The zero-order chi connectivity index (χ0) is 31.0. The van der Waals surface area contributed by atoms with Crippen molar-refractivity contribution in [1.29, 1.82) is 0 Å². The van der Waals surface area contributed by atoms with E-state index >= 15 is 0 Å². The molecule has 0 spiro atoms. The molecule has 0 aliphatic carbocycles. The molecule has 7 aliphatic heterocycles. The first-order valence-corrected chi connectivity index (χ1v) is 16.4. The molecule has 12 atom stereocenters. The first-order chi connectivity index (χ1) is 20.9. The van der Waals surface area contributed by atoms with Crippen LogP contribution < -0.4 is 22.1 Å². The fraction of sp³-hybridized carbons (Fsp3) is 0.700. The zero-order valence-electron chi connectivity index (χ0n) is 22.5. The highest BCUT2D eigenvalue weighted by atomic mass is 31.2. The van der Waals surface area contributed by atoms with Gasteiger partial charge in [0.05, 0.1) is 25.9 Å². The summed E-state index contributed by atoms with van der Waals surface area (Å²) in [5, 5.41) is 4.76. The molecular weight excluding hydrogens is 634 g/mol. The molecule has 2 amide bonds. The van der Waals surface area contributed by atoms with E-state index < -0.39 is 102 Å². The maximum atomic E-state index is 13.0. The second kappa shape index (κ2) is 10.8.